The van der Waals surface area contributed by atoms with Gasteiger partial charge in [-0.2, -0.15) is 0 Å². The van der Waals surface area contributed by atoms with Crippen molar-refractivity contribution >= 4 is 5.69 Å². The van der Waals surface area contributed by atoms with Gasteiger partial charge >= 0.3 is 0 Å². The lowest BCUT2D eigenvalue weighted by atomic mass is 10.1. The molecule has 0 spiro atoms. The molecule has 0 bridgehead atoms. The van der Waals surface area contributed by atoms with Crippen molar-refractivity contribution in [2.75, 3.05) is 5.32 Å². The van der Waals surface area contributed by atoms with Gasteiger partial charge in [0, 0.05) is 5.69 Å². The highest BCUT2D eigenvalue weighted by atomic mass is 16.3. The van der Waals surface area contributed by atoms with Crippen molar-refractivity contribution in [2.24, 2.45) is 0 Å². The molecule has 2 nitrogen and oxygen atoms in total. The summed E-state index contributed by atoms with van der Waals surface area (Å²) in [5.74, 6) is 0.365. The average molecular weight is 225 g/mol. The number of hydrogen-bond donors (Lipinski definition) is 2. The summed E-state index contributed by atoms with van der Waals surface area (Å²) in [6.07, 6.45) is 2.13. The molecule has 3 rings (SSSR count). The fourth-order valence-electron chi connectivity index (χ4n) is 2.49. The highest BCUT2D eigenvalue weighted by Crippen LogP contribution is 2.35. The van der Waals surface area contributed by atoms with Gasteiger partial charge in [-0.25, -0.2) is 0 Å². The molecule has 1 aliphatic rings. The molecule has 2 aromatic carbocycles. The summed E-state index contributed by atoms with van der Waals surface area (Å²) < 4.78 is 0. The molecule has 86 valence electrons. The summed E-state index contributed by atoms with van der Waals surface area (Å²) in [4.78, 5) is 0. The van der Waals surface area contributed by atoms with Crippen LogP contribution in [0, 0.1) is 0 Å². The van der Waals surface area contributed by atoms with E-state index in [-0.39, 0.29) is 0 Å². The topological polar surface area (TPSA) is 32.3 Å². The van der Waals surface area contributed by atoms with Gasteiger partial charge in [0.1, 0.15) is 5.75 Å². The normalized spacial score (nSPS) is 17.8. The Bertz CT molecular complexity index is 522. The number of phenols is 1. The van der Waals surface area contributed by atoms with E-state index in [9.17, 15) is 5.11 Å². The van der Waals surface area contributed by atoms with Crippen LogP contribution in [0.2, 0.25) is 0 Å². The molecular formula is C15H15NO. The van der Waals surface area contributed by atoms with Crippen molar-refractivity contribution in [1.29, 1.82) is 0 Å². The first kappa shape index (κ1) is 10.2. The monoisotopic (exact) mass is 225 g/mol. The summed E-state index contributed by atoms with van der Waals surface area (Å²) in [7, 11) is 0. The van der Waals surface area contributed by atoms with Gasteiger partial charge in [0.05, 0.1) is 6.04 Å². The maximum atomic E-state index is 9.45. The third-order valence-electron chi connectivity index (χ3n) is 3.32. The van der Waals surface area contributed by atoms with Crippen LogP contribution in [-0.2, 0) is 6.42 Å². The van der Waals surface area contributed by atoms with Crippen LogP contribution in [0.3, 0.4) is 0 Å². The molecule has 2 heteroatoms. The van der Waals surface area contributed by atoms with Crippen molar-refractivity contribution in [3.8, 4) is 5.75 Å². The SMILES string of the molecule is Oc1ccc2c(c1)CCC2Nc1ccccc1. The maximum absolute atomic E-state index is 9.45. The lowest BCUT2D eigenvalue weighted by Crippen LogP contribution is -2.06. The second-order valence-corrected chi connectivity index (χ2v) is 4.48. The summed E-state index contributed by atoms with van der Waals surface area (Å²) in [6, 6.07) is 16.3. The molecule has 0 radical (unpaired) electrons. The van der Waals surface area contributed by atoms with Crippen molar-refractivity contribution in [3.05, 3.63) is 59.7 Å². The molecule has 0 saturated heterocycles. The quantitative estimate of drug-likeness (QED) is 0.820. The van der Waals surface area contributed by atoms with Crippen LogP contribution in [0.25, 0.3) is 0 Å². The zero-order valence-corrected chi connectivity index (χ0v) is 9.56. The van der Waals surface area contributed by atoms with Gasteiger partial charge in [0.2, 0.25) is 0 Å². The Balaban J connectivity index is 1.85. The Labute approximate surface area is 101 Å². The van der Waals surface area contributed by atoms with Crippen molar-refractivity contribution < 1.29 is 5.11 Å². The van der Waals surface area contributed by atoms with Crippen LogP contribution in [0.5, 0.6) is 5.75 Å². The van der Waals surface area contributed by atoms with E-state index in [0.29, 0.717) is 11.8 Å². The molecule has 0 fully saturated rings. The van der Waals surface area contributed by atoms with E-state index in [0.717, 1.165) is 18.5 Å². The number of rotatable bonds is 2. The Morgan fingerprint density at radius 3 is 2.71 bits per heavy atom. The number of para-hydroxylation sites is 1. The zero-order valence-electron chi connectivity index (χ0n) is 9.56. The second kappa shape index (κ2) is 4.13. The number of aromatic hydroxyl groups is 1. The van der Waals surface area contributed by atoms with Gasteiger partial charge in [-0.05, 0) is 48.2 Å². The molecule has 17 heavy (non-hydrogen) atoms. The fraction of sp³-hybridized carbons (Fsp3) is 0.200. The highest BCUT2D eigenvalue weighted by Gasteiger charge is 2.22. The van der Waals surface area contributed by atoms with Gasteiger partial charge in [0.15, 0.2) is 0 Å². The van der Waals surface area contributed by atoms with Crippen molar-refractivity contribution in [2.45, 2.75) is 18.9 Å². The van der Waals surface area contributed by atoms with Gasteiger partial charge in [-0.15, -0.1) is 0 Å². The minimum Gasteiger partial charge on any atom is -0.508 e. The molecule has 2 N–H and O–H groups in total. The molecule has 0 aliphatic heterocycles. The maximum Gasteiger partial charge on any atom is 0.115 e. The number of phenolic OH excluding ortho intramolecular Hbond substituents is 1. The molecule has 2 aromatic rings. The number of nitrogens with one attached hydrogen (secondary N) is 1. The molecule has 0 saturated carbocycles. The zero-order chi connectivity index (χ0) is 11.7. The molecular weight excluding hydrogens is 210 g/mol. The first-order valence-corrected chi connectivity index (χ1v) is 5.96. The van der Waals surface area contributed by atoms with E-state index in [1.165, 1.54) is 11.1 Å². The van der Waals surface area contributed by atoms with Gasteiger partial charge < -0.3 is 10.4 Å². The van der Waals surface area contributed by atoms with Crippen LogP contribution in [0.1, 0.15) is 23.6 Å². The third kappa shape index (κ3) is 1.98. The summed E-state index contributed by atoms with van der Waals surface area (Å²) in [5, 5.41) is 13.0. The van der Waals surface area contributed by atoms with Crippen LogP contribution in [0.4, 0.5) is 5.69 Å². The summed E-state index contributed by atoms with van der Waals surface area (Å²) in [5.41, 5.74) is 3.73. The van der Waals surface area contributed by atoms with Gasteiger partial charge in [-0.1, -0.05) is 24.3 Å². The molecule has 0 aromatic heterocycles. The molecule has 1 unspecified atom stereocenters. The lowest BCUT2D eigenvalue weighted by molar-refractivity contribution is 0.474. The minimum atomic E-state index is 0.365. The summed E-state index contributed by atoms with van der Waals surface area (Å²) in [6.45, 7) is 0. The standard InChI is InChI=1S/C15H15NO/c17-13-7-8-14-11(10-13)6-9-15(14)16-12-4-2-1-3-5-12/h1-5,7-8,10,15-17H,6,9H2. The van der Waals surface area contributed by atoms with E-state index in [4.69, 9.17) is 0 Å². The van der Waals surface area contributed by atoms with Crippen LogP contribution < -0.4 is 5.32 Å². The molecule has 1 aliphatic carbocycles. The van der Waals surface area contributed by atoms with Gasteiger partial charge in [-0.3, -0.25) is 0 Å². The number of benzene rings is 2. The van der Waals surface area contributed by atoms with E-state index in [1.54, 1.807) is 6.07 Å². The highest BCUT2D eigenvalue weighted by molar-refractivity contribution is 5.49. The Hall–Kier alpha value is -1.96. The molecule has 1 atom stereocenters. The third-order valence-corrected chi connectivity index (χ3v) is 3.32. The predicted molar refractivity (Wildman–Crippen MR) is 69.2 cm³/mol. The van der Waals surface area contributed by atoms with E-state index in [1.807, 2.05) is 30.3 Å². The minimum absolute atomic E-state index is 0.365. The lowest BCUT2D eigenvalue weighted by Gasteiger charge is -2.15. The Morgan fingerprint density at radius 1 is 1.06 bits per heavy atom. The smallest absolute Gasteiger partial charge is 0.115 e. The fourth-order valence-corrected chi connectivity index (χ4v) is 2.49. The Morgan fingerprint density at radius 2 is 1.88 bits per heavy atom. The first-order valence-electron chi connectivity index (χ1n) is 5.96. The van der Waals surface area contributed by atoms with Crippen LogP contribution in [-0.4, -0.2) is 5.11 Å². The van der Waals surface area contributed by atoms with E-state index >= 15 is 0 Å². The number of fused-ring (bicyclic) bond motifs is 1. The van der Waals surface area contributed by atoms with Crippen molar-refractivity contribution in [3.63, 3.8) is 0 Å². The van der Waals surface area contributed by atoms with Gasteiger partial charge in [0.25, 0.3) is 0 Å². The second-order valence-electron chi connectivity index (χ2n) is 4.48. The number of hydrogen-bond acceptors (Lipinski definition) is 2. The Kier molecular flexibility index (Phi) is 2.48. The molecule has 0 amide bonds. The average Bonchev–Trinajstić information content (AvgIpc) is 2.73. The molecule has 0 heterocycles. The first-order chi connectivity index (χ1) is 8.33. The van der Waals surface area contributed by atoms with Crippen molar-refractivity contribution in [1.82, 2.24) is 0 Å². The number of aryl methyl sites for hydroxylation is 1. The van der Waals surface area contributed by atoms with Crippen LogP contribution >= 0.6 is 0 Å². The predicted octanol–water partition coefficient (Wildman–Crippen LogP) is 3.49. The number of anilines is 1. The van der Waals surface area contributed by atoms with E-state index in [2.05, 4.69) is 17.4 Å². The van der Waals surface area contributed by atoms with Crippen LogP contribution in [0.15, 0.2) is 48.5 Å². The largest absolute Gasteiger partial charge is 0.508 e. The summed E-state index contributed by atoms with van der Waals surface area (Å²) >= 11 is 0. The van der Waals surface area contributed by atoms with E-state index < -0.39 is 0 Å².